The Morgan fingerprint density at radius 3 is 2.59 bits per heavy atom. The second kappa shape index (κ2) is 4.62. The molecule has 0 aromatic heterocycles. The van der Waals surface area contributed by atoms with Gasteiger partial charge in [-0.2, -0.15) is 0 Å². The van der Waals surface area contributed by atoms with Crippen LogP contribution in [0.3, 0.4) is 0 Å². The zero-order valence-electron chi connectivity index (χ0n) is 9.42. The Bertz CT molecular complexity index is 326. The number of aliphatic hydroxyl groups is 2. The first-order valence-electron chi connectivity index (χ1n) is 5.82. The third kappa shape index (κ3) is 2.28. The molecule has 1 saturated heterocycles. The van der Waals surface area contributed by atoms with Gasteiger partial charge < -0.3 is 19.7 Å². The van der Waals surface area contributed by atoms with E-state index in [1.807, 2.05) is 0 Å². The van der Waals surface area contributed by atoms with E-state index >= 15 is 0 Å². The zero-order chi connectivity index (χ0) is 12.5. The van der Waals surface area contributed by atoms with Crippen molar-refractivity contribution in [3.63, 3.8) is 0 Å². The van der Waals surface area contributed by atoms with Gasteiger partial charge >= 0.3 is 11.9 Å². The molecule has 1 heterocycles. The fourth-order valence-electron chi connectivity index (χ4n) is 2.44. The van der Waals surface area contributed by atoms with Crippen molar-refractivity contribution in [3.8, 4) is 0 Å². The largest absolute Gasteiger partial charge is 0.458 e. The van der Waals surface area contributed by atoms with Crippen LogP contribution in [0.15, 0.2) is 0 Å². The quantitative estimate of drug-likeness (QED) is 0.492. The molecule has 1 saturated carbocycles. The first-order chi connectivity index (χ1) is 8.04. The third-order valence-corrected chi connectivity index (χ3v) is 3.38. The Labute approximate surface area is 98.5 Å². The number of hydrogen-bond acceptors (Lipinski definition) is 6. The zero-order valence-corrected chi connectivity index (χ0v) is 9.42. The Balaban J connectivity index is 2.29. The lowest BCUT2D eigenvalue weighted by Crippen LogP contribution is -2.59. The molecule has 2 N–H and O–H groups in total. The number of carbonyl (C=O) groups excluding carboxylic acids is 2. The topological polar surface area (TPSA) is 93.1 Å². The van der Waals surface area contributed by atoms with E-state index in [4.69, 9.17) is 9.47 Å². The first-order valence-corrected chi connectivity index (χ1v) is 5.82. The lowest BCUT2D eigenvalue weighted by molar-refractivity contribution is -0.260. The van der Waals surface area contributed by atoms with E-state index in [9.17, 15) is 19.8 Å². The fourth-order valence-corrected chi connectivity index (χ4v) is 2.44. The Morgan fingerprint density at radius 1 is 1.18 bits per heavy atom. The van der Waals surface area contributed by atoms with E-state index in [-0.39, 0.29) is 12.8 Å². The molecule has 2 rings (SSSR count). The van der Waals surface area contributed by atoms with Crippen LogP contribution in [0.5, 0.6) is 0 Å². The lowest BCUT2D eigenvalue weighted by atomic mass is 9.81. The molecule has 17 heavy (non-hydrogen) atoms. The van der Waals surface area contributed by atoms with Gasteiger partial charge in [-0.05, 0) is 25.7 Å². The summed E-state index contributed by atoms with van der Waals surface area (Å²) in [6, 6.07) is 0. The Morgan fingerprint density at radius 2 is 1.88 bits per heavy atom. The molecule has 0 aromatic rings. The molecule has 0 amide bonds. The maximum absolute atomic E-state index is 11.5. The highest BCUT2D eigenvalue weighted by Gasteiger charge is 2.52. The van der Waals surface area contributed by atoms with Gasteiger partial charge in [0, 0.05) is 0 Å². The molecule has 0 radical (unpaired) electrons. The number of fused-ring (bicyclic) bond motifs is 1. The standard InChI is InChI=1S/C11H16O6/c12-8-4-5-9(13)17-11(10(14)15)6-2-1-3-7(11)16-8/h7,10,14-15H,1-6H2. The van der Waals surface area contributed by atoms with Crippen LogP contribution >= 0.6 is 0 Å². The van der Waals surface area contributed by atoms with Gasteiger partial charge in [-0.25, -0.2) is 0 Å². The van der Waals surface area contributed by atoms with E-state index < -0.39 is 29.9 Å². The van der Waals surface area contributed by atoms with Gasteiger partial charge in [0.1, 0.15) is 6.10 Å². The summed E-state index contributed by atoms with van der Waals surface area (Å²) in [5, 5.41) is 18.9. The van der Waals surface area contributed by atoms with Gasteiger partial charge in [0.15, 0.2) is 11.9 Å². The highest BCUT2D eigenvalue weighted by atomic mass is 16.6. The number of esters is 2. The van der Waals surface area contributed by atoms with Gasteiger partial charge in [-0.15, -0.1) is 0 Å². The molecular formula is C11H16O6. The van der Waals surface area contributed by atoms with Crippen molar-refractivity contribution in [3.05, 3.63) is 0 Å². The average molecular weight is 244 g/mol. The first kappa shape index (κ1) is 12.3. The van der Waals surface area contributed by atoms with Crippen LogP contribution in [-0.2, 0) is 19.1 Å². The maximum atomic E-state index is 11.5. The summed E-state index contributed by atoms with van der Waals surface area (Å²) in [6.07, 6.45) is -0.392. The molecule has 2 aliphatic rings. The SMILES string of the molecule is O=C1CCC(=O)OC2(C(O)O)CCCCC2O1. The molecule has 6 heteroatoms. The van der Waals surface area contributed by atoms with Crippen LogP contribution in [0, 0.1) is 0 Å². The second-order valence-electron chi connectivity index (χ2n) is 4.53. The molecule has 0 bridgehead atoms. The summed E-state index contributed by atoms with van der Waals surface area (Å²) in [7, 11) is 0. The Hall–Kier alpha value is -1.14. The molecule has 2 unspecified atom stereocenters. The van der Waals surface area contributed by atoms with Crippen molar-refractivity contribution in [1.82, 2.24) is 0 Å². The molecule has 1 aliphatic carbocycles. The fraction of sp³-hybridized carbons (Fsp3) is 0.818. The number of carbonyl (C=O) groups is 2. The molecule has 6 nitrogen and oxygen atoms in total. The Kier molecular flexibility index (Phi) is 3.35. The van der Waals surface area contributed by atoms with Crippen molar-refractivity contribution in [1.29, 1.82) is 0 Å². The van der Waals surface area contributed by atoms with E-state index in [2.05, 4.69) is 0 Å². The third-order valence-electron chi connectivity index (χ3n) is 3.38. The van der Waals surface area contributed by atoms with Crippen molar-refractivity contribution in [2.24, 2.45) is 0 Å². The van der Waals surface area contributed by atoms with Crippen LogP contribution in [0.2, 0.25) is 0 Å². The highest BCUT2D eigenvalue weighted by molar-refractivity contribution is 5.79. The highest BCUT2D eigenvalue weighted by Crippen LogP contribution is 2.38. The second-order valence-corrected chi connectivity index (χ2v) is 4.53. The average Bonchev–Trinajstić information content (AvgIpc) is 2.27. The number of aliphatic hydroxyl groups excluding tert-OH is 1. The minimum atomic E-state index is -1.83. The predicted octanol–water partition coefficient (Wildman–Crippen LogP) is -0.141. The normalized spacial score (nSPS) is 34.4. The van der Waals surface area contributed by atoms with Crippen molar-refractivity contribution in [2.45, 2.75) is 56.5 Å². The summed E-state index contributed by atoms with van der Waals surface area (Å²) in [5.74, 6) is -1.07. The smallest absolute Gasteiger partial charge is 0.307 e. The lowest BCUT2D eigenvalue weighted by Gasteiger charge is -2.44. The molecule has 0 aromatic carbocycles. The maximum Gasteiger partial charge on any atom is 0.307 e. The minimum Gasteiger partial charge on any atom is -0.458 e. The molecular weight excluding hydrogens is 228 g/mol. The van der Waals surface area contributed by atoms with E-state index in [1.165, 1.54) is 0 Å². The van der Waals surface area contributed by atoms with Crippen molar-refractivity contribution in [2.75, 3.05) is 0 Å². The summed E-state index contributed by atoms with van der Waals surface area (Å²) in [5.41, 5.74) is -1.48. The molecule has 1 aliphatic heterocycles. The van der Waals surface area contributed by atoms with Crippen LogP contribution in [0.4, 0.5) is 0 Å². The van der Waals surface area contributed by atoms with Crippen LogP contribution in [-0.4, -0.2) is 40.1 Å². The molecule has 0 spiro atoms. The molecule has 2 fully saturated rings. The van der Waals surface area contributed by atoms with E-state index in [1.54, 1.807) is 0 Å². The number of ether oxygens (including phenoxy) is 2. The predicted molar refractivity (Wildman–Crippen MR) is 54.6 cm³/mol. The van der Waals surface area contributed by atoms with E-state index in [0.717, 1.165) is 6.42 Å². The van der Waals surface area contributed by atoms with Gasteiger partial charge in [-0.1, -0.05) is 0 Å². The van der Waals surface area contributed by atoms with Gasteiger partial charge in [-0.3, -0.25) is 9.59 Å². The number of hydrogen-bond donors (Lipinski definition) is 2. The van der Waals surface area contributed by atoms with Crippen LogP contribution in [0.25, 0.3) is 0 Å². The van der Waals surface area contributed by atoms with Gasteiger partial charge in [0.2, 0.25) is 0 Å². The molecule has 96 valence electrons. The van der Waals surface area contributed by atoms with E-state index in [0.29, 0.717) is 19.3 Å². The summed E-state index contributed by atoms with van der Waals surface area (Å²) >= 11 is 0. The minimum absolute atomic E-state index is 0.0209. The summed E-state index contributed by atoms with van der Waals surface area (Å²) < 4.78 is 10.3. The van der Waals surface area contributed by atoms with Gasteiger partial charge in [0.05, 0.1) is 12.8 Å². The van der Waals surface area contributed by atoms with Crippen LogP contribution in [0.1, 0.15) is 38.5 Å². The molecule has 2 atom stereocenters. The van der Waals surface area contributed by atoms with Gasteiger partial charge in [0.25, 0.3) is 0 Å². The van der Waals surface area contributed by atoms with Crippen molar-refractivity contribution >= 4 is 11.9 Å². The van der Waals surface area contributed by atoms with Crippen molar-refractivity contribution < 1.29 is 29.3 Å². The monoisotopic (exact) mass is 244 g/mol. The summed E-state index contributed by atoms with van der Waals surface area (Å²) in [6.45, 7) is 0. The summed E-state index contributed by atoms with van der Waals surface area (Å²) in [4.78, 5) is 22.9. The number of rotatable bonds is 1. The van der Waals surface area contributed by atoms with Crippen LogP contribution < -0.4 is 0 Å².